The lowest BCUT2D eigenvalue weighted by Crippen LogP contribution is -2.31. The average Bonchev–Trinajstić information content (AvgIpc) is 2.34. The van der Waals surface area contributed by atoms with E-state index in [-0.39, 0.29) is 0 Å². The van der Waals surface area contributed by atoms with Crippen LogP contribution < -0.4 is 0 Å². The maximum Gasteiger partial charge on any atom is 0.335 e. The Morgan fingerprint density at radius 2 is 2.00 bits per heavy atom. The number of aromatic carboxylic acids is 1. The number of carboxylic acids is 1. The SMILES string of the molecule is CC(C)N(CCC#N)Cc1ccc(C(=O)O)cc1. The van der Waals surface area contributed by atoms with Crippen molar-refractivity contribution < 1.29 is 9.90 Å². The van der Waals surface area contributed by atoms with Gasteiger partial charge in [0.1, 0.15) is 0 Å². The molecule has 0 amide bonds. The first-order chi connectivity index (χ1) is 8.54. The van der Waals surface area contributed by atoms with E-state index >= 15 is 0 Å². The molecule has 0 spiro atoms. The van der Waals surface area contributed by atoms with Crippen LogP contribution in [0.4, 0.5) is 0 Å². The molecule has 1 rings (SSSR count). The van der Waals surface area contributed by atoms with Crippen molar-refractivity contribution in [2.24, 2.45) is 0 Å². The molecule has 96 valence electrons. The highest BCUT2D eigenvalue weighted by molar-refractivity contribution is 5.87. The molecule has 1 N–H and O–H groups in total. The minimum atomic E-state index is -0.910. The molecule has 0 saturated carbocycles. The Bertz CT molecular complexity index is 432. The van der Waals surface area contributed by atoms with E-state index in [1.807, 2.05) is 12.1 Å². The highest BCUT2D eigenvalue weighted by Crippen LogP contribution is 2.10. The molecular weight excluding hydrogens is 228 g/mol. The van der Waals surface area contributed by atoms with Gasteiger partial charge in [-0.3, -0.25) is 4.90 Å². The number of hydrogen-bond acceptors (Lipinski definition) is 3. The van der Waals surface area contributed by atoms with Crippen LogP contribution in [0.5, 0.6) is 0 Å². The van der Waals surface area contributed by atoms with E-state index in [1.54, 1.807) is 12.1 Å². The Kier molecular flexibility index (Phi) is 5.34. The average molecular weight is 246 g/mol. The normalized spacial score (nSPS) is 10.6. The van der Waals surface area contributed by atoms with Crippen molar-refractivity contribution >= 4 is 5.97 Å². The van der Waals surface area contributed by atoms with Gasteiger partial charge in [-0.2, -0.15) is 5.26 Å². The van der Waals surface area contributed by atoms with E-state index in [0.29, 0.717) is 18.0 Å². The van der Waals surface area contributed by atoms with Crippen LogP contribution in [0.25, 0.3) is 0 Å². The molecule has 0 saturated heterocycles. The van der Waals surface area contributed by atoms with E-state index in [9.17, 15) is 4.79 Å². The molecule has 4 nitrogen and oxygen atoms in total. The van der Waals surface area contributed by atoms with E-state index in [1.165, 1.54) is 0 Å². The summed E-state index contributed by atoms with van der Waals surface area (Å²) < 4.78 is 0. The molecule has 0 aliphatic rings. The molecule has 0 aliphatic carbocycles. The lowest BCUT2D eigenvalue weighted by molar-refractivity contribution is 0.0697. The van der Waals surface area contributed by atoms with Crippen LogP contribution in [-0.4, -0.2) is 28.6 Å². The van der Waals surface area contributed by atoms with E-state index in [2.05, 4.69) is 24.8 Å². The van der Waals surface area contributed by atoms with E-state index in [0.717, 1.165) is 18.7 Å². The zero-order valence-electron chi connectivity index (χ0n) is 10.8. The Morgan fingerprint density at radius 3 is 2.44 bits per heavy atom. The van der Waals surface area contributed by atoms with Crippen LogP contribution >= 0.6 is 0 Å². The second-order valence-electron chi connectivity index (χ2n) is 4.47. The fourth-order valence-electron chi connectivity index (χ4n) is 1.70. The van der Waals surface area contributed by atoms with Gasteiger partial charge in [-0.1, -0.05) is 12.1 Å². The Balaban J connectivity index is 2.69. The molecule has 0 fully saturated rings. The fourth-order valence-corrected chi connectivity index (χ4v) is 1.70. The first kappa shape index (κ1) is 14.2. The van der Waals surface area contributed by atoms with Gasteiger partial charge in [0, 0.05) is 25.6 Å². The summed E-state index contributed by atoms with van der Waals surface area (Å²) in [6.07, 6.45) is 0.505. The second kappa shape index (κ2) is 6.77. The van der Waals surface area contributed by atoms with Gasteiger partial charge in [0.25, 0.3) is 0 Å². The summed E-state index contributed by atoms with van der Waals surface area (Å²) in [5, 5.41) is 17.4. The first-order valence-electron chi connectivity index (χ1n) is 5.98. The monoisotopic (exact) mass is 246 g/mol. The van der Waals surface area contributed by atoms with Crippen molar-refractivity contribution in [3.8, 4) is 6.07 Å². The quantitative estimate of drug-likeness (QED) is 0.837. The number of carbonyl (C=O) groups is 1. The number of hydrogen-bond donors (Lipinski definition) is 1. The largest absolute Gasteiger partial charge is 0.478 e. The minimum Gasteiger partial charge on any atom is -0.478 e. The summed E-state index contributed by atoms with van der Waals surface area (Å²) in [7, 11) is 0. The predicted molar refractivity (Wildman–Crippen MR) is 69.2 cm³/mol. The third kappa shape index (κ3) is 4.19. The zero-order valence-corrected chi connectivity index (χ0v) is 10.8. The molecule has 0 aromatic heterocycles. The van der Waals surface area contributed by atoms with Crippen LogP contribution in [0, 0.1) is 11.3 Å². The van der Waals surface area contributed by atoms with Gasteiger partial charge in [-0.05, 0) is 31.5 Å². The van der Waals surface area contributed by atoms with E-state index in [4.69, 9.17) is 10.4 Å². The van der Waals surface area contributed by atoms with Crippen molar-refractivity contribution in [3.05, 3.63) is 35.4 Å². The van der Waals surface area contributed by atoms with Crippen LogP contribution in [0.3, 0.4) is 0 Å². The molecule has 0 unspecified atom stereocenters. The van der Waals surface area contributed by atoms with Gasteiger partial charge in [0.05, 0.1) is 11.6 Å². The molecule has 1 aromatic carbocycles. The number of rotatable bonds is 6. The van der Waals surface area contributed by atoms with Gasteiger partial charge in [0.2, 0.25) is 0 Å². The van der Waals surface area contributed by atoms with Gasteiger partial charge >= 0.3 is 5.97 Å². The molecule has 0 atom stereocenters. The number of benzene rings is 1. The van der Waals surface area contributed by atoms with Gasteiger partial charge < -0.3 is 5.11 Å². The van der Waals surface area contributed by atoms with Crippen molar-refractivity contribution in [1.29, 1.82) is 5.26 Å². The summed E-state index contributed by atoms with van der Waals surface area (Å²) in [5.41, 5.74) is 1.36. The van der Waals surface area contributed by atoms with Gasteiger partial charge in [-0.25, -0.2) is 4.79 Å². The van der Waals surface area contributed by atoms with Crippen LogP contribution in [0.15, 0.2) is 24.3 Å². The van der Waals surface area contributed by atoms with Crippen molar-refractivity contribution in [3.63, 3.8) is 0 Å². The molecule has 0 radical (unpaired) electrons. The number of carboxylic acid groups (broad SMARTS) is 1. The summed E-state index contributed by atoms with van der Waals surface area (Å²) in [6.45, 7) is 5.64. The maximum absolute atomic E-state index is 10.7. The summed E-state index contributed by atoms with van der Waals surface area (Å²) >= 11 is 0. The maximum atomic E-state index is 10.7. The summed E-state index contributed by atoms with van der Waals surface area (Å²) in [6, 6.07) is 9.37. The van der Waals surface area contributed by atoms with Crippen LogP contribution in [-0.2, 0) is 6.54 Å². The van der Waals surface area contributed by atoms with Crippen molar-refractivity contribution in [1.82, 2.24) is 4.90 Å². The van der Waals surface area contributed by atoms with E-state index < -0.39 is 5.97 Å². The molecular formula is C14H18N2O2. The molecule has 0 bridgehead atoms. The van der Waals surface area contributed by atoms with Crippen molar-refractivity contribution in [2.45, 2.75) is 32.9 Å². The standard InChI is InChI=1S/C14H18N2O2/c1-11(2)16(9-3-8-15)10-12-4-6-13(7-5-12)14(17)18/h4-7,11H,3,9-10H2,1-2H3,(H,17,18). The smallest absolute Gasteiger partial charge is 0.335 e. The predicted octanol–water partition coefficient (Wildman–Crippen LogP) is 2.51. The van der Waals surface area contributed by atoms with Crippen LogP contribution in [0.2, 0.25) is 0 Å². The molecule has 4 heteroatoms. The Hall–Kier alpha value is -1.86. The van der Waals surface area contributed by atoms with Gasteiger partial charge in [-0.15, -0.1) is 0 Å². The first-order valence-corrected chi connectivity index (χ1v) is 5.98. The Morgan fingerprint density at radius 1 is 1.39 bits per heavy atom. The summed E-state index contributed by atoms with van der Waals surface area (Å²) in [5.74, 6) is -0.910. The highest BCUT2D eigenvalue weighted by Gasteiger charge is 2.10. The summed E-state index contributed by atoms with van der Waals surface area (Å²) in [4.78, 5) is 12.9. The van der Waals surface area contributed by atoms with Crippen molar-refractivity contribution in [2.75, 3.05) is 6.54 Å². The van der Waals surface area contributed by atoms with Crippen LogP contribution in [0.1, 0.15) is 36.2 Å². The lowest BCUT2D eigenvalue weighted by atomic mass is 10.1. The molecule has 18 heavy (non-hydrogen) atoms. The number of nitrogens with zero attached hydrogens (tertiary/aromatic N) is 2. The zero-order chi connectivity index (χ0) is 13.5. The second-order valence-corrected chi connectivity index (χ2v) is 4.47. The van der Waals surface area contributed by atoms with Gasteiger partial charge in [0.15, 0.2) is 0 Å². The molecule has 0 heterocycles. The third-order valence-corrected chi connectivity index (χ3v) is 2.83. The fraction of sp³-hybridized carbons (Fsp3) is 0.429. The minimum absolute atomic E-state index is 0.298. The Labute approximate surface area is 107 Å². The topological polar surface area (TPSA) is 64.3 Å². The lowest BCUT2D eigenvalue weighted by Gasteiger charge is -2.25. The molecule has 1 aromatic rings. The number of nitriles is 1. The molecule has 0 aliphatic heterocycles. The third-order valence-electron chi connectivity index (χ3n) is 2.83. The highest BCUT2D eigenvalue weighted by atomic mass is 16.4.